The van der Waals surface area contributed by atoms with E-state index in [0.29, 0.717) is 49.6 Å². The highest BCUT2D eigenvalue weighted by molar-refractivity contribution is 6.25. The van der Waals surface area contributed by atoms with Gasteiger partial charge in [0.2, 0.25) is 0 Å². The fourth-order valence-electron chi connectivity index (χ4n) is 8.25. The molecule has 2 N–H and O–H groups in total. The van der Waals surface area contributed by atoms with Crippen LogP contribution in [0, 0.1) is 53.4 Å². The highest BCUT2D eigenvalue weighted by atomic mass is 16.5. The number of benzene rings is 2. The number of hydrogen-bond donors (Lipinski definition) is 2. The summed E-state index contributed by atoms with van der Waals surface area (Å²) in [5.41, 5.74) is 8.97. The van der Waals surface area contributed by atoms with Crippen LogP contribution in [0.2, 0.25) is 0 Å². The average molecular weight is 801 g/mol. The zero-order valence-electron chi connectivity index (χ0n) is 35.6. The fraction of sp³-hybridized carbons (Fsp3) is 0.383. The second-order valence-electron chi connectivity index (χ2n) is 15.8. The molecule has 0 spiro atoms. The summed E-state index contributed by atoms with van der Waals surface area (Å²) in [5.74, 6) is 0.551. The number of amides is 4. The largest absolute Gasteiger partial charge is 0.500 e. The maximum atomic E-state index is 13.3. The van der Waals surface area contributed by atoms with Crippen LogP contribution in [0.4, 0.5) is 21.2 Å². The van der Waals surface area contributed by atoms with E-state index < -0.39 is 5.92 Å². The Morgan fingerprint density at radius 3 is 1.63 bits per heavy atom. The van der Waals surface area contributed by atoms with E-state index in [1.54, 1.807) is 68.8 Å². The number of aromatic nitrogens is 2. The summed E-state index contributed by atoms with van der Waals surface area (Å²) in [4.78, 5) is 74.9. The second kappa shape index (κ2) is 19.5. The smallest absolute Gasteiger partial charge is 0.322 e. The van der Waals surface area contributed by atoms with Crippen LogP contribution in [0.1, 0.15) is 76.1 Å². The zero-order valence-corrected chi connectivity index (χ0v) is 35.6. The van der Waals surface area contributed by atoms with E-state index in [2.05, 4.69) is 39.7 Å². The van der Waals surface area contributed by atoms with Crippen molar-refractivity contribution in [2.45, 2.75) is 73.1 Å². The zero-order chi connectivity index (χ0) is 43.0. The minimum atomic E-state index is -0.673. The lowest BCUT2D eigenvalue weighted by Gasteiger charge is -2.20. The summed E-state index contributed by atoms with van der Waals surface area (Å²) in [7, 11) is 5.01. The summed E-state index contributed by atoms with van der Waals surface area (Å²) in [5, 5.41) is 5.47. The van der Waals surface area contributed by atoms with E-state index in [1.165, 1.54) is 10.5 Å². The van der Waals surface area contributed by atoms with Crippen molar-refractivity contribution in [2.75, 3.05) is 44.9 Å². The molecule has 4 aromatic rings. The van der Waals surface area contributed by atoms with Gasteiger partial charge < -0.3 is 14.5 Å². The normalized spacial score (nSPS) is 17.4. The third kappa shape index (κ3) is 10.7. The van der Waals surface area contributed by atoms with Gasteiger partial charge in [-0.05, 0) is 112 Å². The van der Waals surface area contributed by atoms with Crippen molar-refractivity contribution >= 4 is 46.6 Å². The van der Waals surface area contributed by atoms with Crippen molar-refractivity contribution in [1.82, 2.24) is 19.8 Å². The molecule has 2 heterocycles. The number of methoxy groups -OCH3 is 1. The monoisotopic (exact) mass is 800 g/mol. The Kier molecular flexibility index (Phi) is 14.5. The molecule has 0 saturated heterocycles. The van der Waals surface area contributed by atoms with E-state index in [1.807, 2.05) is 52.8 Å². The molecule has 2 aromatic heterocycles. The molecule has 59 heavy (non-hydrogen) atoms. The number of carbonyl (C=O) groups is 5. The maximum absolute atomic E-state index is 13.3. The molecular weight excluding hydrogens is 745 g/mol. The number of ketones is 3. The number of rotatable bonds is 11. The first-order valence-electron chi connectivity index (χ1n) is 20.0. The van der Waals surface area contributed by atoms with Gasteiger partial charge in [-0.3, -0.25) is 25.0 Å². The minimum absolute atomic E-state index is 0.0179. The van der Waals surface area contributed by atoms with Crippen LogP contribution in [-0.4, -0.2) is 83.5 Å². The average Bonchev–Trinajstić information content (AvgIpc) is 3.65. The van der Waals surface area contributed by atoms with Crippen molar-refractivity contribution in [3.05, 3.63) is 123 Å². The summed E-state index contributed by atoms with van der Waals surface area (Å²) in [6, 6.07) is 18.3. The van der Waals surface area contributed by atoms with Gasteiger partial charge in [0, 0.05) is 64.3 Å². The van der Waals surface area contributed by atoms with Crippen LogP contribution >= 0.6 is 0 Å². The predicted molar refractivity (Wildman–Crippen MR) is 230 cm³/mol. The molecule has 1 fully saturated rings. The first-order valence-corrected chi connectivity index (χ1v) is 20.0. The number of carbonyl (C=O) groups excluding carboxylic acids is 5. The highest BCUT2D eigenvalue weighted by Crippen LogP contribution is 2.40. The van der Waals surface area contributed by atoms with Gasteiger partial charge in [0.05, 0.1) is 12.7 Å². The lowest BCUT2D eigenvalue weighted by Crippen LogP contribution is -2.33. The van der Waals surface area contributed by atoms with Gasteiger partial charge in [-0.15, -0.1) is 0 Å². The van der Waals surface area contributed by atoms with Crippen LogP contribution in [-0.2, 0) is 19.1 Å². The molecule has 2 aromatic carbocycles. The number of allylic oxidation sites excluding steroid dienone is 2. The molecule has 2 aliphatic rings. The third-order valence-corrected chi connectivity index (χ3v) is 11.1. The van der Waals surface area contributed by atoms with E-state index in [-0.39, 0.29) is 47.7 Å². The maximum Gasteiger partial charge on any atom is 0.322 e. The number of ether oxygens (including phenoxy) is 1. The molecule has 12 heteroatoms. The Labute approximate surface area is 347 Å². The van der Waals surface area contributed by atoms with Gasteiger partial charge in [0.15, 0.2) is 11.6 Å². The number of pyridine rings is 2. The Hall–Kier alpha value is -6.17. The Morgan fingerprint density at radius 1 is 0.695 bits per heavy atom. The van der Waals surface area contributed by atoms with E-state index in [4.69, 9.17) is 4.74 Å². The minimum Gasteiger partial charge on any atom is -0.500 e. The lowest BCUT2D eigenvalue weighted by atomic mass is 9.86. The molecule has 3 atom stereocenters. The summed E-state index contributed by atoms with van der Waals surface area (Å²) < 4.78 is 5.61. The van der Waals surface area contributed by atoms with Crippen LogP contribution in [0.5, 0.6) is 0 Å². The van der Waals surface area contributed by atoms with Crippen molar-refractivity contribution in [3.63, 3.8) is 0 Å². The molecule has 12 nitrogen and oxygen atoms in total. The molecule has 3 unspecified atom stereocenters. The number of urea groups is 2. The standard InChI is InChI=1S/C24H29N3O3.C23H27N3O3/c1-15-12-16(2)21(17(3)13-15)22-19(30-5)14-18(23(22)28)9-11-27(4)24(29)26-20-8-6-7-10-25-20;1-14-11-15(2)20(16(3)12-14)21-18(27)13-17(22(21)28)8-10-26(4)23(29)25-19-7-5-6-9-24-19/h6-8,10,12-13,18H,9,11,14H2,1-5H3,(H,25,26,29);5-7,9,11-12,17,21H,8,10,13H2,1-4H3,(H,24,25,29). The van der Waals surface area contributed by atoms with Crippen molar-refractivity contribution in [1.29, 1.82) is 0 Å². The molecular formula is C47H56N6O6. The molecule has 6 rings (SSSR count). The van der Waals surface area contributed by atoms with Gasteiger partial charge in [-0.1, -0.05) is 47.5 Å². The van der Waals surface area contributed by atoms with Crippen LogP contribution in [0.15, 0.2) is 78.8 Å². The predicted octanol–water partition coefficient (Wildman–Crippen LogP) is 8.31. The van der Waals surface area contributed by atoms with Gasteiger partial charge in [0.25, 0.3) is 0 Å². The highest BCUT2D eigenvalue weighted by Gasteiger charge is 2.43. The van der Waals surface area contributed by atoms with Gasteiger partial charge in [-0.2, -0.15) is 0 Å². The first-order chi connectivity index (χ1) is 28.1. The summed E-state index contributed by atoms with van der Waals surface area (Å²) in [6.07, 6.45) is 5.08. The van der Waals surface area contributed by atoms with Gasteiger partial charge in [0.1, 0.15) is 29.1 Å². The number of nitrogens with one attached hydrogen (secondary N) is 2. The first kappa shape index (κ1) is 43.9. The molecule has 310 valence electrons. The molecule has 4 amide bonds. The van der Waals surface area contributed by atoms with Crippen molar-refractivity contribution in [3.8, 4) is 0 Å². The fourth-order valence-corrected chi connectivity index (χ4v) is 8.25. The number of hydrogen-bond acceptors (Lipinski definition) is 8. The number of nitrogens with zero attached hydrogens (tertiary/aromatic N) is 4. The molecule has 2 aliphatic carbocycles. The molecule has 0 radical (unpaired) electrons. The SMILES string of the molecule is COC1=C(c2c(C)cc(C)cc2C)C(=O)C(CCN(C)C(=O)Nc2ccccn2)C1.Cc1cc(C)c(C2C(=O)CC(CCN(C)C(=O)Nc3ccccn3)C2=O)c(C)c1. The van der Waals surface area contributed by atoms with Gasteiger partial charge in [-0.25, -0.2) is 19.6 Å². The Morgan fingerprint density at radius 2 is 1.17 bits per heavy atom. The second-order valence-corrected chi connectivity index (χ2v) is 15.8. The third-order valence-electron chi connectivity index (χ3n) is 11.1. The van der Waals surface area contributed by atoms with Crippen molar-refractivity contribution in [2.24, 2.45) is 11.8 Å². The number of Topliss-reactive ketones (excluding diaryl/α,β-unsaturated/α-hetero) is 3. The number of aryl methyl sites for hydroxylation is 6. The molecule has 0 bridgehead atoms. The van der Waals surface area contributed by atoms with E-state index in [9.17, 15) is 24.0 Å². The van der Waals surface area contributed by atoms with E-state index in [0.717, 1.165) is 44.7 Å². The van der Waals surface area contributed by atoms with Crippen LogP contribution < -0.4 is 10.6 Å². The molecule has 0 aliphatic heterocycles. The van der Waals surface area contributed by atoms with Gasteiger partial charge >= 0.3 is 12.1 Å². The Balaban J connectivity index is 0.000000224. The van der Waals surface area contributed by atoms with E-state index >= 15 is 0 Å². The Bertz CT molecular complexity index is 2190. The topological polar surface area (TPSA) is 151 Å². The number of anilines is 2. The lowest BCUT2D eigenvalue weighted by molar-refractivity contribution is -0.125. The summed E-state index contributed by atoms with van der Waals surface area (Å²) >= 11 is 0. The summed E-state index contributed by atoms with van der Waals surface area (Å²) in [6.45, 7) is 12.9. The molecule has 1 saturated carbocycles. The van der Waals surface area contributed by atoms with Crippen LogP contribution in [0.3, 0.4) is 0 Å². The quantitative estimate of drug-likeness (QED) is 0.144. The van der Waals surface area contributed by atoms with Crippen molar-refractivity contribution < 1.29 is 28.7 Å². The van der Waals surface area contributed by atoms with Crippen LogP contribution in [0.25, 0.3) is 5.57 Å².